The van der Waals surface area contributed by atoms with Gasteiger partial charge in [0.05, 0.1) is 11.4 Å². The van der Waals surface area contributed by atoms with Crippen LogP contribution < -0.4 is 11.1 Å². The maximum atomic E-state index is 5.90. The van der Waals surface area contributed by atoms with Gasteiger partial charge < -0.3 is 11.1 Å². The van der Waals surface area contributed by atoms with Gasteiger partial charge in [-0.2, -0.15) is 0 Å². The average Bonchev–Trinajstić information content (AvgIpc) is 2.96. The van der Waals surface area contributed by atoms with E-state index in [4.69, 9.17) is 5.73 Å². The minimum absolute atomic E-state index is 0.742. The van der Waals surface area contributed by atoms with Crippen LogP contribution in [0.2, 0.25) is 0 Å². The molecule has 0 aliphatic heterocycles. The number of nitrogens with zero attached hydrogens (tertiary/aromatic N) is 1. The second-order valence-corrected chi connectivity index (χ2v) is 5.02. The smallest absolute Gasteiger partial charge is 0.123 e. The first-order valence-corrected chi connectivity index (χ1v) is 6.82. The van der Waals surface area contributed by atoms with Crippen LogP contribution in [0.5, 0.6) is 0 Å². The fourth-order valence-corrected chi connectivity index (χ4v) is 2.47. The van der Waals surface area contributed by atoms with Crippen LogP contribution in [-0.4, -0.2) is 4.98 Å². The Labute approximate surface area is 115 Å². The third-order valence-corrected chi connectivity index (χ3v) is 3.63. The minimum atomic E-state index is 0.742. The highest BCUT2D eigenvalue weighted by atomic mass is 32.1. The van der Waals surface area contributed by atoms with Crippen LogP contribution in [0.4, 0.5) is 17.1 Å². The van der Waals surface area contributed by atoms with E-state index in [1.165, 1.54) is 0 Å². The summed E-state index contributed by atoms with van der Waals surface area (Å²) in [5, 5.41) is 6.31. The lowest BCUT2D eigenvalue weighted by atomic mass is 10.2. The van der Waals surface area contributed by atoms with Gasteiger partial charge in [0, 0.05) is 22.8 Å². The van der Waals surface area contributed by atoms with Gasteiger partial charge in [-0.05, 0) is 36.4 Å². The molecule has 1 heterocycles. The summed E-state index contributed by atoms with van der Waals surface area (Å²) in [4.78, 5) is 4.29. The maximum Gasteiger partial charge on any atom is 0.123 e. The molecule has 3 nitrogen and oxygen atoms in total. The molecule has 3 rings (SSSR count). The topological polar surface area (TPSA) is 50.9 Å². The molecule has 0 aliphatic rings. The summed E-state index contributed by atoms with van der Waals surface area (Å²) < 4.78 is 0. The molecule has 0 saturated heterocycles. The van der Waals surface area contributed by atoms with E-state index in [2.05, 4.69) is 22.4 Å². The average molecular weight is 267 g/mol. The first-order valence-electron chi connectivity index (χ1n) is 5.94. The Morgan fingerprint density at radius 1 is 1.00 bits per heavy atom. The number of nitrogens with two attached hydrogens (primary N) is 1. The molecule has 0 fully saturated rings. The zero-order chi connectivity index (χ0) is 13.1. The van der Waals surface area contributed by atoms with E-state index < -0.39 is 0 Å². The highest BCUT2D eigenvalue weighted by Gasteiger charge is 2.01. The second-order valence-electron chi connectivity index (χ2n) is 4.13. The number of para-hydroxylation sites is 2. The molecular formula is C15H13N3S. The van der Waals surface area contributed by atoms with Crippen molar-refractivity contribution in [2.45, 2.75) is 0 Å². The van der Waals surface area contributed by atoms with Gasteiger partial charge in [-0.15, -0.1) is 11.3 Å². The number of benzene rings is 2. The lowest BCUT2D eigenvalue weighted by molar-refractivity contribution is 1.41. The van der Waals surface area contributed by atoms with E-state index in [1.807, 2.05) is 48.0 Å². The standard InChI is InChI=1S/C15H13N3S/c16-13-3-1-2-4-14(13)18-12-7-5-11(6-8-12)15-17-9-10-19-15/h1-10,18H,16H2. The van der Waals surface area contributed by atoms with E-state index in [9.17, 15) is 0 Å². The van der Waals surface area contributed by atoms with Gasteiger partial charge in [-0.3, -0.25) is 0 Å². The van der Waals surface area contributed by atoms with Crippen LogP contribution in [0.1, 0.15) is 0 Å². The lowest BCUT2D eigenvalue weighted by Gasteiger charge is -2.09. The first-order chi connectivity index (χ1) is 9.33. The molecule has 0 spiro atoms. The van der Waals surface area contributed by atoms with E-state index in [-0.39, 0.29) is 0 Å². The van der Waals surface area contributed by atoms with Gasteiger partial charge >= 0.3 is 0 Å². The van der Waals surface area contributed by atoms with Crippen molar-refractivity contribution in [1.82, 2.24) is 4.98 Å². The Morgan fingerprint density at radius 3 is 2.47 bits per heavy atom. The van der Waals surface area contributed by atoms with Crippen molar-refractivity contribution in [3.63, 3.8) is 0 Å². The Morgan fingerprint density at radius 2 is 1.79 bits per heavy atom. The molecule has 0 radical (unpaired) electrons. The Balaban J connectivity index is 1.82. The van der Waals surface area contributed by atoms with Crippen LogP contribution in [0, 0.1) is 0 Å². The summed E-state index contributed by atoms with van der Waals surface area (Å²) in [7, 11) is 0. The number of nitrogens with one attached hydrogen (secondary N) is 1. The number of thiazole rings is 1. The van der Waals surface area contributed by atoms with Crippen molar-refractivity contribution in [3.8, 4) is 10.6 Å². The van der Waals surface area contributed by atoms with E-state index in [1.54, 1.807) is 11.3 Å². The maximum absolute atomic E-state index is 5.90. The second kappa shape index (κ2) is 5.12. The SMILES string of the molecule is Nc1ccccc1Nc1ccc(-c2nccs2)cc1. The van der Waals surface area contributed by atoms with Crippen LogP contribution in [0.3, 0.4) is 0 Å². The fraction of sp³-hybridized carbons (Fsp3) is 0. The number of aromatic nitrogens is 1. The van der Waals surface area contributed by atoms with Gasteiger partial charge in [-0.25, -0.2) is 4.98 Å². The largest absolute Gasteiger partial charge is 0.397 e. The molecule has 94 valence electrons. The first kappa shape index (κ1) is 11.7. The van der Waals surface area contributed by atoms with Crippen molar-refractivity contribution in [1.29, 1.82) is 0 Å². The van der Waals surface area contributed by atoms with Crippen molar-refractivity contribution >= 4 is 28.4 Å². The molecule has 1 aromatic heterocycles. The Kier molecular flexibility index (Phi) is 3.16. The summed E-state index contributed by atoms with van der Waals surface area (Å²) in [5.74, 6) is 0. The molecule has 0 unspecified atom stereocenters. The van der Waals surface area contributed by atoms with E-state index in [0.717, 1.165) is 27.6 Å². The third kappa shape index (κ3) is 2.58. The molecule has 19 heavy (non-hydrogen) atoms. The van der Waals surface area contributed by atoms with E-state index in [0.29, 0.717) is 0 Å². The molecule has 3 N–H and O–H groups in total. The zero-order valence-corrected chi connectivity index (χ0v) is 11.0. The van der Waals surface area contributed by atoms with Crippen LogP contribution in [0.15, 0.2) is 60.1 Å². The predicted octanol–water partition coefficient (Wildman–Crippen LogP) is 4.14. The Bertz CT molecular complexity index is 660. The van der Waals surface area contributed by atoms with Crippen molar-refractivity contribution in [2.24, 2.45) is 0 Å². The van der Waals surface area contributed by atoms with Gasteiger partial charge in [0.15, 0.2) is 0 Å². The quantitative estimate of drug-likeness (QED) is 0.701. The number of hydrogen-bond donors (Lipinski definition) is 2. The van der Waals surface area contributed by atoms with E-state index >= 15 is 0 Å². The normalized spacial score (nSPS) is 10.3. The minimum Gasteiger partial charge on any atom is -0.397 e. The van der Waals surface area contributed by atoms with Crippen LogP contribution in [-0.2, 0) is 0 Å². The molecule has 2 aromatic carbocycles. The summed E-state index contributed by atoms with van der Waals surface area (Å²) in [6.45, 7) is 0. The summed E-state index contributed by atoms with van der Waals surface area (Å²) >= 11 is 1.64. The van der Waals surface area contributed by atoms with Crippen LogP contribution in [0.25, 0.3) is 10.6 Å². The molecule has 0 atom stereocenters. The van der Waals surface area contributed by atoms with Gasteiger partial charge in [0.1, 0.15) is 5.01 Å². The van der Waals surface area contributed by atoms with Crippen molar-refractivity contribution in [2.75, 3.05) is 11.1 Å². The molecular weight excluding hydrogens is 254 g/mol. The van der Waals surface area contributed by atoms with Gasteiger partial charge in [0.25, 0.3) is 0 Å². The van der Waals surface area contributed by atoms with Crippen LogP contribution >= 0.6 is 11.3 Å². The predicted molar refractivity (Wildman–Crippen MR) is 81.7 cm³/mol. The molecule has 0 amide bonds. The van der Waals surface area contributed by atoms with Crippen molar-refractivity contribution < 1.29 is 0 Å². The number of anilines is 3. The molecule has 0 saturated carbocycles. The highest BCUT2D eigenvalue weighted by Crippen LogP contribution is 2.26. The molecule has 4 heteroatoms. The zero-order valence-electron chi connectivity index (χ0n) is 10.2. The molecule has 3 aromatic rings. The highest BCUT2D eigenvalue weighted by molar-refractivity contribution is 7.13. The summed E-state index contributed by atoms with van der Waals surface area (Å²) in [5.41, 5.74) is 9.71. The third-order valence-electron chi connectivity index (χ3n) is 2.80. The van der Waals surface area contributed by atoms with Gasteiger partial charge in [-0.1, -0.05) is 12.1 Å². The molecule has 0 aliphatic carbocycles. The number of hydrogen-bond acceptors (Lipinski definition) is 4. The van der Waals surface area contributed by atoms with Gasteiger partial charge in [0.2, 0.25) is 0 Å². The van der Waals surface area contributed by atoms with Crippen molar-refractivity contribution in [3.05, 3.63) is 60.1 Å². The summed E-state index contributed by atoms with van der Waals surface area (Å²) in [6, 6.07) is 15.9. The molecule has 0 bridgehead atoms. The fourth-order valence-electron chi connectivity index (χ4n) is 1.83. The Hall–Kier alpha value is -2.33. The number of rotatable bonds is 3. The summed E-state index contributed by atoms with van der Waals surface area (Å²) in [6.07, 6.45) is 1.82. The monoisotopic (exact) mass is 267 g/mol. The number of nitrogen functional groups attached to an aromatic ring is 1. The lowest BCUT2D eigenvalue weighted by Crippen LogP contribution is -1.95.